The standard InChI is InChI=1S/C20H27N3OS/c1-21-9-8-19-17(13-21)16-4-2-3-5-18(16)23(19)12-15-6-10-22(11-7-15)20(24)14-25/h2-5,15,25H,6-14H2,1H3. The van der Waals surface area contributed by atoms with Crippen LogP contribution < -0.4 is 0 Å². The molecule has 1 fully saturated rings. The molecule has 0 atom stereocenters. The van der Waals surface area contributed by atoms with Gasteiger partial charge >= 0.3 is 0 Å². The Morgan fingerprint density at radius 2 is 1.96 bits per heavy atom. The Bertz CT molecular complexity index is 777. The molecule has 1 saturated heterocycles. The second-order valence-corrected chi connectivity index (χ2v) is 7.84. The average Bonchev–Trinajstić information content (AvgIpc) is 2.95. The van der Waals surface area contributed by atoms with Crippen LogP contribution in [-0.4, -0.2) is 52.7 Å². The number of para-hydroxylation sites is 1. The van der Waals surface area contributed by atoms with E-state index in [1.54, 1.807) is 0 Å². The van der Waals surface area contributed by atoms with Crippen LogP contribution in [0.3, 0.4) is 0 Å². The van der Waals surface area contributed by atoms with Gasteiger partial charge in [-0.15, -0.1) is 0 Å². The first-order valence-electron chi connectivity index (χ1n) is 9.33. The smallest absolute Gasteiger partial charge is 0.232 e. The minimum absolute atomic E-state index is 0.175. The maximum Gasteiger partial charge on any atom is 0.232 e. The lowest BCUT2D eigenvalue weighted by atomic mass is 9.96. The lowest BCUT2D eigenvalue weighted by molar-refractivity contribution is -0.129. The summed E-state index contributed by atoms with van der Waals surface area (Å²) in [6.07, 6.45) is 3.33. The monoisotopic (exact) mass is 357 g/mol. The Balaban J connectivity index is 1.57. The van der Waals surface area contributed by atoms with Gasteiger partial charge < -0.3 is 14.4 Å². The SMILES string of the molecule is CN1CCc2c(c3ccccc3n2CC2CCN(C(=O)CS)CC2)C1. The number of aromatic nitrogens is 1. The lowest BCUT2D eigenvalue weighted by Crippen LogP contribution is -2.40. The third-order valence-corrected chi connectivity index (χ3v) is 6.17. The fraction of sp³-hybridized carbons (Fsp3) is 0.550. The van der Waals surface area contributed by atoms with Gasteiger partial charge in [-0.3, -0.25) is 4.79 Å². The number of nitrogens with zero attached hydrogens (tertiary/aromatic N) is 3. The maximum atomic E-state index is 11.8. The highest BCUT2D eigenvalue weighted by Gasteiger charge is 2.26. The fourth-order valence-electron chi connectivity index (χ4n) is 4.47. The van der Waals surface area contributed by atoms with Gasteiger partial charge in [-0.2, -0.15) is 12.6 Å². The first-order chi connectivity index (χ1) is 12.2. The Labute approximate surface area is 155 Å². The molecule has 25 heavy (non-hydrogen) atoms. The lowest BCUT2D eigenvalue weighted by Gasteiger charge is -2.33. The number of likely N-dealkylation sites (N-methyl/N-ethyl adjacent to an activating group) is 1. The van der Waals surface area contributed by atoms with Crippen molar-refractivity contribution in [2.24, 2.45) is 5.92 Å². The molecule has 0 saturated carbocycles. The second kappa shape index (κ2) is 7.04. The van der Waals surface area contributed by atoms with E-state index in [4.69, 9.17) is 0 Å². The van der Waals surface area contributed by atoms with Crippen molar-refractivity contribution in [3.05, 3.63) is 35.5 Å². The zero-order valence-electron chi connectivity index (χ0n) is 14.9. The molecule has 0 spiro atoms. The number of rotatable bonds is 3. The van der Waals surface area contributed by atoms with Crippen LogP contribution in [0.25, 0.3) is 10.9 Å². The highest BCUT2D eigenvalue weighted by molar-refractivity contribution is 7.81. The van der Waals surface area contributed by atoms with Gasteiger partial charge in [-0.25, -0.2) is 0 Å². The van der Waals surface area contributed by atoms with Crippen molar-refractivity contribution in [1.29, 1.82) is 0 Å². The van der Waals surface area contributed by atoms with Crippen molar-refractivity contribution < 1.29 is 4.79 Å². The number of hydrogen-bond donors (Lipinski definition) is 1. The van der Waals surface area contributed by atoms with Gasteiger partial charge in [0.25, 0.3) is 0 Å². The van der Waals surface area contributed by atoms with Gasteiger partial charge in [0.2, 0.25) is 5.91 Å². The summed E-state index contributed by atoms with van der Waals surface area (Å²) in [6, 6.07) is 8.86. The van der Waals surface area contributed by atoms with Gasteiger partial charge in [0, 0.05) is 55.7 Å². The van der Waals surface area contributed by atoms with E-state index in [1.165, 1.54) is 22.2 Å². The Morgan fingerprint density at radius 3 is 2.72 bits per heavy atom. The molecule has 0 radical (unpaired) electrons. The van der Waals surface area contributed by atoms with Gasteiger partial charge in [0.15, 0.2) is 0 Å². The Kier molecular flexibility index (Phi) is 4.78. The molecule has 2 aliphatic heterocycles. The molecule has 1 aromatic heterocycles. The summed E-state index contributed by atoms with van der Waals surface area (Å²) in [4.78, 5) is 16.2. The number of hydrogen-bond acceptors (Lipinski definition) is 3. The average molecular weight is 358 g/mol. The predicted octanol–water partition coefficient (Wildman–Crippen LogP) is 2.80. The largest absolute Gasteiger partial charge is 0.344 e. The number of carbonyl (C=O) groups is 1. The molecule has 0 N–H and O–H groups in total. The van der Waals surface area contributed by atoms with Crippen LogP contribution in [0.2, 0.25) is 0 Å². The van der Waals surface area contributed by atoms with E-state index in [0.29, 0.717) is 11.7 Å². The van der Waals surface area contributed by atoms with Crippen LogP contribution in [0.5, 0.6) is 0 Å². The predicted molar refractivity (Wildman–Crippen MR) is 105 cm³/mol. The van der Waals surface area contributed by atoms with Crippen LogP contribution in [0.4, 0.5) is 0 Å². The first-order valence-corrected chi connectivity index (χ1v) is 9.96. The van der Waals surface area contributed by atoms with Crippen LogP contribution in [-0.2, 0) is 24.3 Å². The zero-order valence-corrected chi connectivity index (χ0v) is 15.8. The summed E-state index contributed by atoms with van der Waals surface area (Å²) in [5.41, 5.74) is 4.44. The third-order valence-electron chi connectivity index (χ3n) is 5.90. The van der Waals surface area contributed by atoms with Crippen LogP contribution in [0, 0.1) is 5.92 Å². The molecule has 5 heteroatoms. The molecule has 1 aromatic carbocycles. The molecule has 2 aliphatic rings. The molecule has 2 aromatic rings. The van der Waals surface area contributed by atoms with Crippen molar-refractivity contribution in [3.63, 3.8) is 0 Å². The van der Waals surface area contributed by atoms with Gasteiger partial charge in [-0.1, -0.05) is 18.2 Å². The molecular formula is C20H27N3OS. The summed E-state index contributed by atoms with van der Waals surface area (Å²) >= 11 is 4.12. The normalized spacial score (nSPS) is 19.4. The van der Waals surface area contributed by atoms with E-state index in [0.717, 1.165) is 52.0 Å². The number of likely N-dealkylation sites (tertiary alicyclic amines) is 1. The van der Waals surface area contributed by atoms with Crippen molar-refractivity contribution >= 4 is 29.4 Å². The number of amides is 1. The summed E-state index contributed by atoms with van der Waals surface area (Å²) in [5.74, 6) is 1.16. The third kappa shape index (κ3) is 3.20. The van der Waals surface area contributed by atoms with E-state index in [9.17, 15) is 4.79 Å². The van der Waals surface area contributed by atoms with E-state index < -0.39 is 0 Å². The molecule has 0 aliphatic carbocycles. The molecule has 4 rings (SSSR count). The number of benzene rings is 1. The highest BCUT2D eigenvalue weighted by Crippen LogP contribution is 2.32. The maximum absolute atomic E-state index is 11.8. The summed E-state index contributed by atoms with van der Waals surface area (Å²) < 4.78 is 2.58. The minimum atomic E-state index is 0.175. The van der Waals surface area contributed by atoms with Gasteiger partial charge in [0.1, 0.15) is 0 Å². The minimum Gasteiger partial charge on any atom is -0.344 e. The van der Waals surface area contributed by atoms with E-state index in [1.807, 2.05) is 4.90 Å². The molecule has 1 amide bonds. The molecule has 0 unspecified atom stereocenters. The van der Waals surface area contributed by atoms with E-state index in [-0.39, 0.29) is 5.91 Å². The Hall–Kier alpha value is -1.46. The second-order valence-electron chi connectivity index (χ2n) is 7.52. The molecule has 3 heterocycles. The van der Waals surface area contributed by atoms with E-state index in [2.05, 4.69) is 53.4 Å². The molecular weight excluding hydrogens is 330 g/mol. The van der Waals surface area contributed by atoms with Crippen molar-refractivity contribution in [2.75, 3.05) is 32.4 Å². The number of fused-ring (bicyclic) bond motifs is 3. The number of piperidine rings is 1. The van der Waals surface area contributed by atoms with Crippen LogP contribution in [0.15, 0.2) is 24.3 Å². The zero-order chi connectivity index (χ0) is 17.4. The molecule has 134 valence electrons. The Morgan fingerprint density at radius 1 is 1.20 bits per heavy atom. The van der Waals surface area contributed by atoms with Crippen LogP contribution in [0.1, 0.15) is 24.1 Å². The van der Waals surface area contributed by atoms with Crippen molar-refractivity contribution in [3.8, 4) is 0 Å². The van der Waals surface area contributed by atoms with Crippen molar-refractivity contribution in [2.45, 2.75) is 32.4 Å². The van der Waals surface area contributed by atoms with Crippen molar-refractivity contribution in [1.82, 2.24) is 14.4 Å². The quantitative estimate of drug-likeness (QED) is 0.856. The number of carbonyl (C=O) groups excluding carboxylic acids is 1. The number of thiol groups is 1. The van der Waals surface area contributed by atoms with E-state index >= 15 is 0 Å². The molecule has 4 nitrogen and oxygen atoms in total. The topological polar surface area (TPSA) is 28.5 Å². The highest BCUT2D eigenvalue weighted by atomic mass is 32.1. The summed E-state index contributed by atoms with van der Waals surface area (Å²) in [6.45, 7) is 5.04. The molecule has 0 bridgehead atoms. The summed E-state index contributed by atoms with van der Waals surface area (Å²) in [5, 5.41) is 1.42. The first kappa shape index (κ1) is 17.0. The van der Waals surface area contributed by atoms with Crippen LogP contribution >= 0.6 is 12.6 Å². The van der Waals surface area contributed by atoms with Gasteiger partial charge in [0.05, 0.1) is 5.75 Å². The fourth-order valence-corrected chi connectivity index (χ4v) is 4.67. The summed E-state index contributed by atoms with van der Waals surface area (Å²) in [7, 11) is 2.21. The van der Waals surface area contributed by atoms with Gasteiger partial charge in [-0.05, 0) is 37.4 Å².